The zero-order chi connectivity index (χ0) is 25.1. The molecule has 3 heterocycles. The molecule has 0 saturated carbocycles. The molecule has 0 bridgehead atoms. The van der Waals surface area contributed by atoms with Crippen LogP contribution in [0.3, 0.4) is 0 Å². The van der Waals surface area contributed by atoms with Crippen LogP contribution in [0.2, 0.25) is 0 Å². The normalized spacial score (nSPS) is 21.6. The average molecular weight is 501 g/mol. The molecular weight excluding hydrogens is 479 g/mol. The Morgan fingerprint density at radius 2 is 1.79 bits per heavy atom. The van der Waals surface area contributed by atoms with Crippen molar-refractivity contribution in [2.45, 2.75) is 36.6 Å². The van der Waals surface area contributed by atoms with Crippen molar-refractivity contribution in [3.63, 3.8) is 0 Å². The predicted octanol–water partition coefficient (Wildman–Crippen LogP) is 2.29. The monoisotopic (exact) mass is 501 g/mol. The van der Waals surface area contributed by atoms with Gasteiger partial charge in [0.1, 0.15) is 16.2 Å². The summed E-state index contributed by atoms with van der Waals surface area (Å²) < 4.78 is 66.1. The van der Waals surface area contributed by atoms with Gasteiger partial charge >= 0.3 is 12.1 Å². The third-order valence-electron chi connectivity index (χ3n) is 5.33. The van der Waals surface area contributed by atoms with E-state index in [0.717, 1.165) is 0 Å². The van der Waals surface area contributed by atoms with E-state index in [9.17, 15) is 26.4 Å². The molecule has 1 fully saturated rings. The van der Waals surface area contributed by atoms with Gasteiger partial charge in [-0.05, 0) is 24.3 Å². The molecule has 184 valence electrons. The van der Waals surface area contributed by atoms with Crippen molar-refractivity contribution in [2.24, 2.45) is 0 Å². The minimum atomic E-state index is -5.08. The second kappa shape index (κ2) is 9.58. The van der Waals surface area contributed by atoms with Crippen LogP contribution < -0.4 is 4.74 Å². The van der Waals surface area contributed by atoms with Crippen molar-refractivity contribution >= 4 is 21.9 Å². The Bertz CT molecular complexity index is 1160. The number of amides is 1. The molecule has 1 spiro atoms. The molecule has 13 heteroatoms. The number of nitrogens with zero attached hydrogens (tertiary/aromatic N) is 3. The molecule has 9 nitrogen and oxygen atoms in total. The number of carboxylic acid groups (broad SMARTS) is 1. The van der Waals surface area contributed by atoms with E-state index in [-0.39, 0.29) is 23.9 Å². The molecule has 1 N–H and O–H groups in total. The summed E-state index contributed by atoms with van der Waals surface area (Å²) in [4.78, 5) is 26.9. The SMILES string of the molecule is CC(=O)N1CCC2(C1)CN(Cc1ccccn1)S(=O)(=O)c1ccccc1O2.O=C(O)C(F)(F)F. The molecule has 2 aromatic rings. The Hall–Kier alpha value is -3.19. The van der Waals surface area contributed by atoms with Crippen LogP contribution in [0.4, 0.5) is 13.2 Å². The van der Waals surface area contributed by atoms with E-state index >= 15 is 0 Å². The smallest absolute Gasteiger partial charge is 0.483 e. The maximum atomic E-state index is 13.3. The Morgan fingerprint density at radius 1 is 1.15 bits per heavy atom. The number of carbonyl (C=O) groups excluding carboxylic acids is 1. The van der Waals surface area contributed by atoms with Crippen molar-refractivity contribution in [3.8, 4) is 5.75 Å². The summed E-state index contributed by atoms with van der Waals surface area (Å²) >= 11 is 0. The molecule has 4 rings (SSSR count). The van der Waals surface area contributed by atoms with Crippen LogP contribution in [0.15, 0.2) is 53.6 Å². The van der Waals surface area contributed by atoms with Gasteiger partial charge in [-0.2, -0.15) is 17.5 Å². The van der Waals surface area contributed by atoms with Crippen molar-refractivity contribution in [1.82, 2.24) is 14.2 Å². The van der Waals surface area contributed by atoms with Gasteiger partial charge in [-0.1, -0.05) is 18.2 Å². The summed E-state index contributed by atoms with van der Waals surface area (Å²) in [5.41, 5.74) is -0.0999. The number of para-hydroxylation sites is 1. The van der Waals surface area contributed by atoms with Gasteiger partial charge in [0.25, 0.3) is 0 Å². The fourth-order valence-electron chi connectivity index (χ4n) is 3.70. The zero-order valence-corrected chi connectivity index (χ0v) is 18.8. The highest BCUT2D eigenvalue weighted by Crippen LogP contribution is 2.38. The Labute approximate surface area is 193 Å². The van der Waals surface area contributed by atoms with E-state index < -0.39 is 27.8 Å². The summed E-state index contributed by atoms with van der Waals surface area (Å²) in [5, 5.41) is 7.12. The van der Waals surface area contributed by atoms with Gasteiger partial charge in [-0.15, -0.1) is 0 Å². The minimum Gasteiger partial charge on any atom is -0.483 e. The first-order chi connectivity index (χ1) is 15.8. The standard InChI is InChI=1S/C19H21N3O4S.C2HF3O2/c1-15(23)21-11-9-19(13-21)14-22(12-16-6-4-5-10-20-16)27(24,25)18-8-3-2-7-17(18)26-19;3-2(4,5)1(6)7/h2-8,10H,9,11-14H2,1H3;(H,6,7). The molecule has 1 aromatic carbocycles. The number of hydrogen-bond donors (Lipinski definition) is 1. The fraction of sp³-hybridized carbons (Fsp3) is 0.381. The highest BCUT2D eigenvalue weighted by Gasteiger charge is 2.48. The number of alkyl halides is 3. The molecule has 2 aliphatic rings. The summed E-state index contributed by atoms with van der Waals surface area (Å²) in [5.74, 6) is -2.45. The number of benzene rings is 1. The van der Waals surface area contributed by atoms with Crippen LogP contribution in [0.1, 0.15) is 19.0 Å². The number of fused-ring (bicyclic) bond motifs is 1. The lowest BCUT2D eigenvalue weighted by Gasteiger charge is -2.31. The molecule has 0 aliphatic carbocycles. The highest BCUT2D eigenvalue weighted by molar-refractivity contribution is 7.89. The number of halogens is 3. The summed E-state index contributed by atoms with van der Waals surface area (Å²) in [6.45, 7) is 2.76. The number of carboxylic acids is 1. The molecule has 1 amide bonds. The Morgan fingerprint density at radius 3 is 2.35 bits per heavy atom. The van der Waals surface area contributed by atoms with Gasteiger partial charge in [0.15, 0.2) is 0 Å². The maximum Gasteiger partial charge on any atom is 0.490 e. The summed E-state index contributed by atoms with van der Waals surface area (Å²) in [6.07, 6.45) is -2.86. The van der Waals surface area contributed by atoms with Crippen LogP contribution in [-0.2, 0) is 26.2 Å². The lowest BCUT2D eigenvalue weighted by Crippen LogP contribution is -2.49. The number of ether oxygens (including phenoxy) is 1. The first-order valence-electron chi connectivity index (χ1n) is 10.1. The van der Waals surface area contributed by atoms with Crippen LogP contribution >= 0.6 is 0 Å². The van der Waals surface area contributed by atoms with Crippen LogP contribution in [-0.4, -0.2) is 71.0 Å². The number of sulfonamides is 1. The van der Waals surface area contributed by atoms with Gasteiger partial charge in [0.2, 0.25) is 15.9 Å². The number of hydrogen-bond acceptors (Lipinski definition) is 6. The quantitative estimate of drug-likeness (QED) is 0.671. The fourth-order valence-corrected chi connectivity index (χ4v) is 5.30. The van der Waals surface area contributed by atoms with Gasteiger partial charge in [0, 0.05) is 26.1 Å². The number of aromatic nitrogens is 1. The number of carbonyl (C=O) groups is 2. The van der Waals surface area contributed by atoms with E-state index in [1.807, 2.05) is 6.07 Å². The molecule has 2 aliphatic heterocycles. The number of pyridine rings is 1. The van der Waals surface area contributed by atoms with Crippen molar-refractivity contribution in [3.05, 3.63) is 54.4 Å². The molecule has 34 heavy (non-hydrogen) atoms. The van der Waals surface area contributed by atoms with E-state index in [1.165, 1.54) is 11.2 Å². The minimum absolute atomic E-state index is 0.0351. The van der Waals surface area contributed by atoms with E-state index in [4.69, 9.17) is 14.6 Å². The van der Waals surface area contributed by atoms with E-state index in [2.05, 4.69) is 4.98 Å². The molecule has 1 atom stereocenters. The van der Waals surface area contributed by atoms with Crippen molar-refractivity contribution < 1.29 is 41.0 Å². The van der Waals surface area contributed by atoms with E-state index in [1.54, 1.807) is 47.5 Å². The van der Waals surface area contributed by atoms with Gasteiger partial charge < -0.3 is 14.7 Å². The number of rotatable bonds is 2. The van der Waals surface area contributed by atoms with Gasteiger partial charge in [0.05, 0.1) is 25.3 Å². The average Bonchev–Trinajstić information content (AvgIpc) is 3.14. The Balaban J connectivity index is 0.000000406. The molecule has 0 radical (unpaired) electrons. The first-order valence-corrected chi connectivity index (χ1v) is 11.5. The maximum absolute atomic E-state index is 13.3. The second-order valence-electron chi connectivity index (χ2n) is 7.82. The summed E-state index contributed by atoms with van der Waals surface area (Å²) in [7, 11) is -3.75. The van der Waals surface area contributed by atoms with Gasteiger partial charge in [-0.25, -0.2) is 13.2 Å². The van der Waals surface area contributed by atoms with Crippen molar-refractivity contribution in [2.75, 3.05) is 19.6 Å². The Kier molecular flexibility index (Phi) is 7.17. The lowest BCUT2D eigenvalue weighted by molar-refractivity contribution is -0.192. The molecule has 1 aromatic heterocycles. The largest absolute Gasteiger partial charge is 0.490 e. The van der Waals surface area contributed by atoms with Crippen molar-refractivity contribution in [1.29, 1.82) is 0 Å². The third-order valence-corrected chi connectivity index (χ3v) is 7.16. The van der Waals surface area contributed by atoms with Gasteiger partial charge in [-0.3, -0.25) is 9.78 Å². The van der Waals surface area contributed by atoms with Crippen LogP contribution in [0.25, 0.3) is 0 Å². The van der Waals surface area contributed by atoms with Crippen LogP contribution in [0, 0.1) is 0 Å². The number of aliphatic carboxylic acids is 1. The molecule has 1 saturated heterocycles. The lowest BCUT2D eigenvalue weighted by atomic mass is 10.0. The predicted molar refractivity (Wildman–Crippen MR) is 112 cm³/mol. The van der Waals surface area contributed by atoms with Crippen LogP contribution in [0.5, 0.6) is 5.75 Å². The highest BCUT2D eigenvalue weighted by atomic mass is 32.2. The summed E-state index contributed by atoms with van der Waals surface area (Å²) in [6, 6.07) is 12.1. The second-order valence-corrected chi connectivity index (χ2v) is 9.73. The first kappa shape index (κ1) is 25.4. The zero-order valence-electron chi connectivity index (χ0n) is 18.0. The topological polar surface area (TPSA) is 117 Å². The third kappa shape index (κ3) is 5.65. The van der Waals surface area contributed by atoms with E-state index in [0.29, 0.717) is 31.0 Å². The molecular formula is C21H22F3N3O6S. The number of likely N-dealkylation sites (tertiary alicyclic amines) is 1. The molecule has 1 unspecified atom stereocenters.